The highest BCUT2D eigenvalue weighted by Gasteiger charge is 2.30. The highest BCUT2D eigenvalue weighted by Crippen LogP contribution is 2.28. The number of fused-ring (bicyclic) bond motifs is 1. The van der Waals surface area contributed by atoms with Gasteiger partial charge in [-0.1, -0.05) is 30.3 Å². The van der Waals surface area contributed by atoms with Gasteiger partial charge in [0, 0.05) is 12.0 Å². The fourth-order valence-electron chi connectivity index (χ4n) is 3.66. The number of nitrogens with one attached hydrogen (secondary N) is 1. The highest BCUT2D eigenvalue weighted by molar-refractivity contribution is 7.18. The van der Waals surface area contributed by atoms with Crippen molar-refractivity contribution in [3.8, 4) is 6.07 Å². The number of para-hydroxylation sites is 1. The Bertz CT molecular complexity index is 860. The Kier molecular flexibility index (Phi) is 4.29. The summed E-state index contributed by atoms with van der Waals surface area (Å²) in [5.41, 5.74) is 3.07. The molecule has 1 saturated heterocycles. The average Bonchev–Trinajstić information content (AvgIpc) is 3.06. The number of likely N-dealkylation sites (tertiary alicyclic amines) is 1. The van der Waals surface area contributed by atoms with E-state index in [0.717, 1.165) is 29.7 Å². The van der Waals surface area contributed by atoms with Crippen molar-refractivity contribution in [3.63, 3.8) is 0 Å². The van der Waals surface area contributed by atoms with Crippen LogP contribution in [0.2, 0.25) is 0 Å². The van der Waals surface area contributed by atoms with E-state index in [2.05, 4.69) is 36.4 Å². The third kappa shape index (κ3) is 2.93. The maximum Gasteiger partial charge on any atom is 0.151 e. The smallest absolute Gasteiger partial charge is 0.151 e. The molecule has 1 N–H and O–H groups in total. The molecule has 0 saturated carbocycles. The van der Waals surface area contributed by atoms with E-state index in [4.69, 9.17) is 4.98 Å². The van der Waals surface area contributed by atoms with Crippen LogP contribution in [0, 0.1) is 11.3 Å². The number of nitriles is 1. The number of benzene rings is 2. The zero-order valence-electron chi connectivity index (χ0n) is 13.5. The fraction of sp³-hybridized carbons (Fsp3) is 0.300. The maximum atomic E-state index is 9.36. The molecule has 2 heterocycles. The maximum absolute atomic E-state index is 9.36. The Morgan fingerprint density at radius 3 is 2.83 bits per heavy atom. The molecule has 4 rings (SSSR count). The Hall–Kier alpha value is -2.22. The summed E-state index contributed by atoms with van der Waals surface area (Å²) in [6, 6.07) is 19.2. The lowest BCUT2D eigenvalue weighted by Gasteiger charge is -2.31. The molecular formula is C20H20N3S+. The lowest BCUT2D eigenvalue weighted by Crippen LogP contribution is -3.11. The van der Waals surface area contributed by atoms with Crippen LogP contribution in [0.5, 0.6) is 0 Å². The summed E-state index contributed by atoms with van der Waals surface area (Å²) in [7, 11) is 0. The number of aromatic nitrogens is 1. The van der Waals surface area contributed by atoms with E-state index < -0.39 is 0 Å². The number of nitrogens with zero attached hydrogens (tertiary/aromatic N) is 2. The molecule has 0 bridgehead atoms. The summed E-state index contributed by atoms with van der Waals surface area (Å²) in [6.07, 6.45) is 3.71. The number of hydrogen-bond donors (Lipinski definition) is 1. The quantitative estimate of drug-likeness (QED) is 0.797. The van der Waals surface area contributed by atoms with Gasteiger partial charge >= 0.3 is 0 Å². The first-order chi connectivity index (χ1) is 11.8. The standard InChI is InChI=1S/C20H19N3S/c21-13-15-7-1-2-8-16(15)14-23-12-6-5-10-18(23)20-22-17-9-3-4-11-19(17)24-20/h1-4,7-9,11,18H,5-6,10,12,14H2/p+1/t18-/m1/s1. The molecule has 120 valence electrons. The topological polar surface area (TPSA) is 41.1 Å². The minimum atomic E-state index is 0.447. The van der Waals surface area contributed by atoms with E-state index in [9.17, 15) is 5.26 Å². The third-order valence-electron chi connectivity index (χ3n) is 4.90. The molecule has 3 nitrogen and oxygen atoms in total. The molecule has 4 heteroatoms. The van der Waals surface area contributed by atoms with Crippen LogP contribution in [-0.4, -0.2) is 11.5 Å². The van der Waals surface area contributed by atoms with Crippen LogP contribution < -0.4 is 4.90 Å². The summed E-state index contributed by atoms with van der Waals surface area (Å²) in [5.74, 6) is 0. The van der Waals surface area contributed by atoms with E-state index in [-0.39, 0.29) is 0 Å². The lowest BCUT2D eigenvalue weighted by molar-refractivity contribution is -0.950. The molecule has 3 aromatic rings. The van der Waals surface area contributed by atoms with Gasteiger partial charge in [-0.2, -0.15) is 5.26 Å². The van der Waals surface area contributed by atoms with Crippen LogP contribution in [0.25, 0.3) is 10.2 Å². The zero-order chi connectivity index (χ0) is 16.4. The Morgan fingerprint density at radius 2 is 1.96 bits per heavy atom. The van der Waals surface area contributed by atoms with E-state index >= 15 is 0 Å². The molecule has 1 unspecified atom stereocenters. The van der Waals surface area contributed by atoms with Crippen LogP contribution in [0.1, 0.15) is 41.4 Å². The Balaban J connectivity index is 1.64. The first-order valence-corrected chi connectivity index (χ1v) is 9.35. The van der Waals surface area contributed by atoms with Gasteiger partial charge in [-0.3, -0.25) is 0 Å². The SMILES string of the molecule is N#Cc1ccccc1C[NH+]1CCCC[C@@H]1c1nc2ccccc2s1. The van der Waals surface area contributed by atoms with Crippen molar-refractivity contribution in [2.24, 2.45) is 0 Å². The molecule has 24 heavy (non-hydrogen) atoms. The van der Waals surface area contributed by atoms with Crippen LogP contribution in [0.3, 0.4) is 0 Å². The first-order valence-electron chi connectivity index (χ1n) is 8.53. The monoisotopic (exact) mass is 334 g/mol. The van der Waals surface area contributed by atoms with Gasteiger partial charge in [0.25, 0.3) is 0 Å². The van der Waals surface area contributed by atoms with Crippen molar-refractivity contribution < 1.29 is 4.90 Å². The van der Waals surface area contributed by atoms with E-state index in [0.29, 0.717) is 6.04 Å². The normalized spacial score (nSPS) is 20.8. The molecule has 1 aromatic heterocycles. The van der Waals surface area contributed by atoms with Crippen LogP contribution in [-0.2, 0) is 6.54 Å². The van der Waals surface area contributed by atoms with E-state index in [1.165, 1.54) is 29.0 Å². The second kappa shape index (κ2) is 6.72. The number of hydrogen-bond acceptors (Lipinski definition) is 3. The van der Waals surface area contributed by atoms with E-state index in [1.54, 1.807) is 4.90 Å². The Morgan fingerprint density at radius 1 is 1.12 bits per heavy atom. The van der Waals surface area contributed by atoms with Crippen molar-refractivity contribution >= 4 is 21.6 Å². The predicted octanol–water partition coefficient (Wildman–Crippen LogP) is 3.48. The first kappa shape index (κ1) is 15.3. The van der Waals surface area contributed by atoms with Crippen molar-refractivity contribution in [2.75, 3.05) is 6.54 Å². The molecule has 1 aliphatic heterocycles. The molecule has 0 amide bonds. The molecule has 0 radical (unpaired) electrons. The number of thiazole rings is 1. The van der Waals surface area contributed by atoms with Crippen LogP contribution in [0.4, 0.5) is 0 Å². The molecule has 2 aromatic carbocycles. The van der Waals surface area contributed by atoms with Gasteiger partial charge in [0.1, 0.15) is 12.6 Å². The largest absolute Gasteiger partial charge is 0.323 e. The summed E-state index contributed by atoms with van der Waals surface area (Å²) in [6.45, 7) is 2.06. The van der Waals surface area contributed by atoms with Crippen molar-refractivity contribution in [2.45, 2.75) is 31.8 Å². The Labute approximate surface area is 146 Å². The third-order valence-corrected chi connectivity index (χ3v) is 6.05. The molecule has 1 fully saturated rings. The van der Waals surface area contributed by atoms with Gasteiger partial charge in [-0.05, 0) is 31.0 Å². The second-order valence-electron chi connectivity index (χ2n) is 6.42. The molecular weight excluding hydrogens is 314 g/mol. The van der Waals surface area contributed by atoms with Crippen LogP contribution >= 0.6 is 11.3 Å². The summed E-state index contributed by atoms with van der Waals surface area (Å²) >= 11 is 1.83. The summed E-state index contributed by atoms with van der Waals surface area (Å²) in [5, 5.41) is 10.6. The van der Waals surface area contributed by atoms with Gasteiger partial charge in [0.2, 0.25) is 0 Å². The summed E-state index contributed by atoms with van der Waals surface area (Å²) < 4.78 is 1.27. The van der Waals surface area contributed by atoms with Crippen molar-refractivity contribution in [3.05, 3.63) is 64.7 Å². The minimum Gasteiger partial charge on any atom is -0.323 e. The van der Waals surface area contributed by atoms with E-state index in [1.807, 2.05) is 29.5 Å². The molecule has 0 aliphatic carbocycles. The molecule has 2 atom stereocenters. The van der Waals surface area contributed by atoms with Gasteiger partial charge in [-0.25, -0.2) is 4.98 Å². The number of piperidine rings is 1. The average molecular weight is 334 g/mol. The summed E-state index contributed by atoms with van der Waals surface area (Å²) in [4.78, 5) is 6.45. The van der Waals surface area contributed by atoms with Gasteiger partial charge in [0.15, 0.2) is 5.01 Å². The van der Waals surface area contributed by atoms with Crippen LogP contribution in [0.15, 0.2) is 48.5 Å². The molecule has 1 aliphatic rings. The highest BCUT2D eigenvalue weighted by atomic mass is 32.1. The van der Waals surface area contributed by atoms with Gasteiger partial charge < -0.3 is 4.90 Å². The number of quaternary nitrogens is 1. The minimum absolute atomic E-state index is 0.447. The number of rotatable bonds is 3. The second-order valence-corrected chi connectivity index (χ2v) is 7.48. The molecule has 0 spiro atoms. The van der Waals surface area contributed by atoms with Crippen molar-refractivity contribution in [1.29, 1.82) is 5.26 Å². The van der Waals surface area contributed by atoms with Gasteiger partial charge in [0.05, 0.1) is 28.4 Å². The fourth-order valence-corrected chi connectivity index (χ4v) is 4.82. The zero-order valence-corrected chi connectivity index (χ0v) is 14.4. The lowest BCUT2D eigenvalue weighted by atomic mass is 10.0. The predicted molar refractivity (Wildman–Crippen MR) is 96.9 cm³/mol. The van der Waals surface area contributed by atoms with Crippen molar-refractivity contribution in [1.82, 2.24) is 4.98 Å². The van der Waals surface area contributed by atoms with Gasteiger partial charge in [-0.15, -0.1) is 11.3 Å².